The van der Waals surface area contributed by atoms with Crippen LogP contribution in [0.5, 0.6) is 5.75 Å². The highest BCUT2D eigenvalue weighted by molar-refractivity contribution is 6.02. The van der Waals surface area contributed by atoms with Crippen molar-refractivity contribution in [3.05, 3.63) is 66.4 Å². The van der Waals surface area contributed by atoms with Crippen molar-refractivity contribution in [1.29, 1.82) is 0 Å². The van der Waals surface area contributed by atoms with E-state index in [0.29, 0.717) is 12.0 Å². The van der Waals surface area contributed by atoms with Crippen LogP contribution in [0.1, 0.15) is 43.2 Å². The molecule has 0 aliphatic rings. The average Bonchev–Trinajstić information content (AvgIpc) is 2.77. The van der Waals surface area contributed by atoms with Gasteiger partial charge in [0.05, 0.1) is 11.8 Å². The van der Waals surface area contributed by atoms with Crippen molar-refractivity contribution in [1.82, 2.24) is 15.0 Å². The van der Waals surface area contributed by atoms with Crippen molar-refractivity contribution in [2.45, 2.75) is 38.9 Å². The number of nitrogens with zero attached hydrogens (tertiary/aromatic N) is 3. The van der Waals surface area contributed by atoms with E-state index in [9.17, 15) is 18.0 Å². The Morgan fingerprint density at radius 1 is 1.09 bits per heavy atom. The molecule has 10 heteroatoms. The number of nitrogens with two attached hydrogens (primary N) is 1. The summed E-state index contributed by atoms with van der Waals surface area (Å²) in [6, 6.07) is 6.83. The fraction of sp³-hybridized carbons (Fsp3) is 0.333. The number of ether oxygens (including phenoxy) is 1. The third-order valence-corrected chi connectivity index (χ3v) is 4.85. The average molecular weight is 473 g/mol. The molecule has 0 spiro atoms. The minimum Gasteiger partial charge on any atom is -0.491 e. The van der Waals surface area contributed by atoms with Gasteiger partial charge in [-0.2, -0.15) is 13.2 Å². The van der Waals surface area contributed by atoms with Crippen LogP contribution in [0.2, 0.25) is 0 Å². The normalized spacial score (nSPS) is 13.4. The Morgan fingerprint density at radius 3 is 2.47 bits per heavy atom. The number of carbonyl (C=O) groups is 1. The molecular weight excluding hydrogens is 447 g/mol. The Hall–Kier alpha value is -3.53. The zero-order chi connectivity index (χ0) is 24.9. The quantitative estimate of drug-likeness (QED) is 0.480. The molecule has 180 valence electrons. The summed E-state index contributed by atoms with van der Waals surface area (Å²) in [4.78, 5) is 24.1. The van der Waals surface area contributed by atoms with Crippen LogP contribution < -0.4 is 15.8 Å². The van der Waals surface area contributed by atoms with Gasteiger partial charge in [-0.25, -0.2) is 9.97 Å². The lowest BCUT2D eigenvalue weighted by molar-refractivity contribution is -0.139. The Morgan fingerprint density at radius 2 is 1.82 bits per heavy atom. The Bertz CT molecular complexity index is 1130. The second-order valence-corrected chi connectivity index (χ2v) is 8.72. The fourth-order valence-electron chi connectivity index (χ4n) is 3.57. The van der Waals surface area contributed by atoms with Crippen molar-refractivity contribution in [2.24, 2.45) is 11.7 Å². The maximum Gasteiger partial charge on any atom is 0.419 e. The van der Waals surface area contributed by atoms with Crippen LogP contribution in [0.25, 0.3) is 11.1 Å². The summed E-state index contributed by atoms with van der Waals surface area (Å²) in [7, 11) is 0. The summed E-state index contributed by atoms with van der Waals surface area (Å²) in [5.41, 5.74) is 5.32. The fourth-order valence-corrected chi connectivity index (χ4v) is 3.57. The van der Waals surface area contributed by atoms with E-state index in [2.05, 4.69) is 20.3 Å². The first-order valence-corrected chi connectivity index (χ1v) is 10.6. The molecule has 3 rings (SSSR count). The lowest BCUT2D eigenvalue weighted by atomic mass is 9.93. The van der Waals surface area contributed by atoms with Crippen molar-refractivity contribution < 1.29 is 22.7 Å². The van der Waals surface area contributed by atoms with Crippen LogP contribution in [-0.4, -0.2) is 33.0 Å². The van der Waals surface area contributed by atoms with Gasteiger partial charge in [0, 0.05) is 24.1 Å². The Balaban J connectivity index is 1.85. The Labute approximate surface area is 195 Å². The molecule has 1 atom stereocenters. The standard InChI is InChI=1S/C24H26F3N5O2/c1-15(2)12-23(3,28)14-34-20-5-4-16(10-18(20)24(25,26)27)17-6-7-31-21(11-17)32-22(33)19-13-29-8-9-30-19/h4-11,13,15H,12,14,28H2,1-3H3,(H,31,32,33)/t23-/m0/s1. The molecule has 34 heavy (non-hydrogen) atoms. The molecule has 0 saturated carbocycles. The summed E-state index contributed by atoms with van der Waals surface area (Å²) in [6.07, 6.45) is 1.46. The second-order valence-electron chi connectivity index (χ2n) is 8.72. The third-order valence-electron chi connectivity index (χ3n) is 4.85. The summed E-state index contributed by atoms with van der Waals surface area (Å²) in [5, 5.41) is 2.56. The van der Waals surface area contributed by atoms with Gasteiger partial charge in [-0.15, -0.1) is 0 Å². The highest BCUT2D eigenvalue weighted by Crippen LogP contribution is 2.39. The number of anilines is 1. The number of aromatic nitrogens is 3. The predicted molar refractivity (Wildman–Crippen MR) is 122 cm³/mol. The van der Waals surface area contributed by atoms with Gasteiger partial charge in [0.15, 0.2) is 0 Å². The van der Waals surface area contributed by atoms with Crippen LogP contribution in [0.3, 0.4) is 0 Å². The lowest BCUT2D eigenvalue weighted by Gasteiger charge is -2.27. The van der Waals surface area contributed by atoms with Crippen molar-refractivity contribution in [3.8, 4) is 16.9 Å². The number of halogens is 3. The zero-order valence-electron chi connectivity index (χ0n) is 19.1. The zero-order valence-corrected chi connectivity index (χ0v) is 19.1. The number of nitrogens with one attached hydrogen (secondary N) is 1. The molecular formula is C24H26F3N5O2. The van der Waals surface area contributed by atoms with E-state index in [1.807, 2.05) is 13.8 Å². The molecule has 7 nitrogen and oxygen atoms in total. The highest BCUT2D eigenvalue weighted by Gasteiger charge is 2.35. The van der Waals surface area contributed by atoms with Crippen molar-refractivity contribution in [2.75, 3.05) is 11.9 Å². The summed E-state index contributed by atoms with van der Waals surface area (Å²) in [6.45, 7) is 5.67. The molecule has 0 unspecified atom stereocenters. The number of pyridine rings is 1. The second kappa shape index (κ2) is 10.2. The van der Waals surface area contributed by atoms with Gasteiger partial charge in [-0.1, -0.05) is 19.9 Å². The molecule has 0 fully saturated rings. The topological polar surface area (TPSA) is 103 Å². The molecule has 0 aliphatic heterocycles. The van der Waals surface area contributed by atoms with E-state index in [0.717, 1.165) is 6.07 Å². The SMILES string of the molecule is CC(C)C[C@](C)(N)COc1ccc(-c2ccnc(NC(=O)c3cnccn3)c2)cc1C(F)(F)F. The minimum atomic E-state index is -4.63. The van der Waals surface area contributed by atoms with Crippen LogP contribution in [0.4, 0.5) is 19.0 Å². The first kappa shape index (κ1) is 25.1. The van der Waals surface area contributed by atoms with E-state index in [1.54, 1.807) is 13.0 Å². The molecule has 0 saturated heterocycles. The van der Waals surface area contributed by atoms with E-state index in [-0.39, 0.29) is 35.3 Å². The van der Waals surface area contributed by atoms with Gasteiger partial charge in [0.2, 0.25) is 0 Å². The van der Waals surface area contributed by atoms with Gasteiger partial charge in [-0.05, 0) is 54.7 Å². The van der Waals surface area contributed by atoms with Crippen LogP contribution in [0, 0.1) is 5.92 Å². The first-order chi connectivity index (χ1) is 15.9. The molecule has 1 amide bonds. The summed E-state index contributed by atoms with van der Waals surface area (Å²) in [5.74, 6) is -0.390. The number of alkyl halides is 3. The lowest BCUT2D eigenvalue weighted by Crippen LogP contribution is -2.43. The molecule has 1 aromatic carbocycles. The number of hydrogen-bond acceptors (Lipinski definition) is 6. The number of rotatable bonds is 8. The van der Waals surface area contributed by atoms with Crippen LogP contribution >= 0.6 is 0 Å². The summed E-state index contributed by atoms with van der Waals surface area (Å²) >= 11 is 0. The van der Waals surface area contributed by atoms with Gasteiger partial charge >= 0.3 is 6.18 Å². The molecule has 0 aliphatic carbocycles. The molecule has 2 aromatic heterocycles. The van der Waals surface area contributed by atoms with Gasteiger partial charge in [0.25, 0.3) is 5.91 Å². The van der Waals surface area contributed by atoms with Crippen LogP contribution in [-0.2, 0) is 6.18 Å². The molecule has 0 bridgehead atoms. The number of amides is 1. The molecule has 0 radical (unpaired) electrons. The number of benzene rings is 1. The predicted octanol–water partition coefficient (Wildman–Crippen LogP) is 4.95. The van der Waals surface area contributed by atoms with Crippen LogP contribution in [0.15, 0.2) is 55.1 Å². The largest absolute Gasteiger partial charge is 0.491 e. The number of hydrogen-bond donors (Lipinski definition) is 2. The van der Waals surface area contributed by atoms with Crippen molar-refractivity contribution in [3.63, 3.8) is 0 Å². The van der Waals surface area contributed by atoms with Gasteiger partial charge in [-0.3, -0.25) is 9.78 Å². The molecule has 3 N–H and O–H groups in total. The minimum absolute atomic E-state index is 0.0541. The van der Waals surface area contributed by atoms with Gasteiger partial charge < -0.3 is 15.8 Å². The smallest absolute Gasteiger partial charge is 0.419 e. The summed E-state index contributed by atoms with van der Waals surface area (Å²) < 4.78 is 47.0. The monoisotopic (exact) mass is 473 g/mol. The highest BCUT2D eigenvalue weighted by atomic mass is 19.4. The van der Waals surface area contributed by atoms with E-state index >= 15 is 0 Å². The van der Waals surface area contributed by atoms with Crippen molar-refractivity contribution >= 4 is 11.7 Å². The van der Waals surface area contributed by atoms with E-state index in [4.69, 9.17) is 10.5 Å². The maximum atomic E-state index is 13.8. The van der Waals surface area contributed by atoms with Gasteiger partial charge in [0.1, 0.15) is 23.9 Å². The Kier molecular flexibility index (Phi) is 7.51. The molecule has 2 heterocycles. The maximum absolute atomic E-state index is 13.8. The third kappa shape index (κ3) is 6.74. The first-order valence-electron chi connectivity index (χ1n) is 10.6. The molecule has 3 aromatic rings. The van der Waals surface area contributed by atoms with E-state index in [1.165, 1.54) is 43.0 Å². The number of carbonyl (C=O) groups excluding carboxylic acids is 1. The van der Waals surface area contributed by atoms with E-state index < -0.39 is 23.2 Å².